The third-order valence-electron chi connectivity index (χ3n) is 2.07. The normalized spacial score (nSPS) is 10.4. The van der Waals surface area contributed by atoms with E-state index in [2.05, 4.69) is 36.8 Å². The van der Waals surface area contributed by atoms with E-state index in [1.54, 1.807) is 12.3 Å². The number of hydrogen-bond donors (Lipinski definition) is 0. The van der Waals surface area contributed by atoms with E-state index in [1.165, 1.54) is 0 Å². The van der Waals surface area contributed by atoms with Crippen molar-refractivity contribution in [2.45, 2.75) is 6.92 Å². The summed E-state index contributed by atoms with van der Waals surface area (Å²) in [6, 6.07) is 7.56. The number of aromatic nitrogens is 1. The molecule has 0 amide bonds. The minimum absolute atomic E-state index is 0.388. The molecule has 1 aromatic carbocycles. The van der Waals surface area contributed by atoms with E-state index in [9.17, 15) is 0 Å². The fourth-order valence-corrected chi connectivity index (χ4v) is 2.51. The van der Waals surface area contributed by atoms with Crippen molar-refractivity contribution < 1.29 is 4.74 Å². The topological polar surface area (TPSA) is 22.1 Å². The van der Waals surface area contributed by atoms with E-state index in [1.807, 2.05) is 25.1 Å². The second-order valence-corrected chi connectivity index (χ2v) is 5.65. The fraction of sp³-hybridized carbons (Fsp3) is 0.0833. The third-order valence-corrected chi connectivity index (χ3v) is 3.39. The van der Waals surface area contributed by atoms with Crippen LogP contribution in [-0.2, 0) is 0 Å². The van der Waals surface area contributed by atoms with Crippen LogP contribution in [0.3, 0.4) is 0 Å². The number of halogens is 3. The van der Waals surface area contributed by atoms with Crippen LogP contribution >= 0.6 is 43.5 Å². The Morgan fingerprint density at radius 2 is 2.00 bits per heavy atom. The largest absolute Gasteiger partial charge is 0.436 e. The molecule has 0 atom stereocenters. The van der Waals surface area contributed by atoms with E-state index in [4.69, 9.17) is 16.3 Å². The minimum atomic E-state index is 0.388. The van der Waals surface area contributed by atoms with Gasteiger partial charge in [-0.15, -0.1) is 0 Å². The Morgan fingerprint density at radius 3 is 2.65 bits per heavy atom. The van der Waals surface area contributed by atoms with Gasteiger partial charge >= 0.3 is 0 Å². The number of pyridine rings is 1. The average Bonchev–Trinajstić information content (AvgIpc) is 2.25. The highest BCUT2D eigenvalue weighted by atomic mass is 79.9. The molecule has 0 unspecified atom stereocenters. The van der Waals surface area contributed by atoms with E-state index < -0.39 is 0 Å². The van der Waals surface area contributed by atoms with E-state index in [0.717, 1.165) is 14.5 Å². The van der Waals surface area contributed by atoms with Gasteiger partial charge in [0, 0.05) is 10.7 Å². The number of ether oxygens (including phenoxy) is 1. The van der Waals surface area contributed by atoms with Gasteiger partial charge in [0.15, 0.2) is 0 Å². The van der Waals surface area contributed by atoms with Crippen LogP contribution in [0.1, 0.15) is 5.56 Å². The molecule has 2 aromatic rings. The lowest BCUT2D eigenvalue weighted by molar-refractivity contribution is 0.460. The maximum absolute atomic E-state index is 6.03. The number of aryl methyl sites for hydroxylation is 1. The van der Waals surface area contributed by atoms with E-state index >= 15 is 0 Å². The maximum Gasteiger partial charge on any atom is 0.238 e. The summed E-state index contributed by atoms with van der Waals surface area (Å²) in [5.41, 5.74) is 1.15. The quantitative estimate of drug-likeness (QED) is 0.703. The number of hydrogen-bond acceptors (Lipinski definition) is 2. The second kappa shape index (κ2) is 5.38. The Labute approximate surface area is 121 Å². The molecule has 5 heteroatoms. The van der Waals surface area contributed by atoms with Crippen molar-refractivity contribution in [2.75, 3.05) is 0 Å². The number of benzene rings is 1. The van der Waals surface area contributed by atoms with Crippen LogP contribution in [0, 0.1) is 6.92 Å². The van der Waals surface area contributed by atoms with Crippen LogP contribution in [0.15, 0.2) is 39.4 Å². The zero-order chi connectivity index (χ0) is 12.4. The minimum Gasteiger partial charge on any atom is -0.436 e. The number of rotatable bonds is 2. The van der Waals surface area contributed by atoms with Gasteiger partial charge in [-0.1, -0.05) is 17.7 Å². The summed E-state index contributed by atoms with van der Waals surface area (Å²) in [7, 11) is 0. The van der Waals surface area contributed by atoms with Gasteiger partial charge in [0.05, 0.1) is 4.47 Å². The molecule has 0 fully saturated rings. The van der Waals surface area contributed by atoms with Crippen molar-refractivity contribution in [3.05, 3.63) is 50.0 Å². The van der Waals surface area contributed by atoms with Gasteiger partial charge in [0.25, 0.3) is 0 Å². The molecular formula is C12H8Br2ClNO. The predicted molar refractivity (Wildman–Crippen MR) is 75.9 cm³/mol. The molecule has 0 aliphatic heterocycles. The Bertz CT molecular complexity index is 511. The molecule has 0 saturated carbocycles. The smallest absolute Gasteiger partial charge is 0.238 e. The lowest BCUT2D eigenvalue weighted by Crippen LogP contribution is -1.90. The Kier molecular flexibility index (Phi) is 4.07. The molecule has 88 valence electrons. The summed E-state index contributed by atoms with van der Waals surface area (Å²) < 4.78 is 7.33. The molecule has 0 bridgehead atoms. The Balaban J connectivity index is 2.31. The fourth-order valence-electron chi connectivity index (χ4n) is 1.27. The first-order valence-electron chi connectivity index (χ1n) is 4.81. The lowest BCUT2D eigenvalue weighted by Gasteiger charge is -2.08. The highest BCUT2D eigenvalue weighted by molar-refractivity contribution is 9.10. The van der Waals surface area contributed by atoms with Gasteiger partial charge in [0.2, 0.25) is 5.88 Å². The molecule has 0 N–H and O–H groups in total. The first kappa shape index (κ1) is 12.9. The molecule has 1 heterocycles. The second-order valence-electron chi connectivity index (χ2n) is 3.48. The highest BCUT2D eigenvalue weighted by Gasteiger charge is 2.08. The summed E-state index contributed by atoms with van der Waals surface area (Å²) in [6.45, 7) is 2.01. The molecule has 0 aliphatic carbocycles. The molecule has 1 aromatic heterocycles. The Hall–Kier alpha value is -0.580. The monoisotopic (exact) mass is 375 g/mol. The molecule has 0 spiro atoms. The van der Waals surface area contributed by atoms with Gasteiger partial charge in [-0.05, 0) is 62.5 Å². The summed E-state index contributed by atoms with van der Waals surface area (Å²) in [6.07, 6.45) is 1.64. The first-order chi connectivity index (χ1) is 8.06. The van der Waals surface area contributed by atoms with Crippen molar-refractivity contribution in [2.24, 2.45) is 0 Å². The van der Waals surface area contributed by atoms with Crippen molar-refractivity contribution >= 4 is 43.5 Å². The zero-order valence-corrected chi connectivity index (χ0v) is 12.8. The van der Waals surface area contributed by atoms with E-state index in [0.29, 0.717) is 16.7 Å². The van der Waals surface area contributed by atoms with E-state index in [-0.39, 0.29) is 0 Å². The van der Waals surface area contributed by atoms with Crippen LogP contribution < -0.4 is 4.74 Å². The van der Waals surface area contributed by atoms with Crippen molar-refractivity contribution in [1.82, 2.24) is 4.98 Å². The van der Waals surface area contributed by atoms with Gasteiger partial charge in [0.1, 0.15) is 10.8 Å². The first-order valence-corrected chi connectivity index (χ1v) is 6.78. The van der Waals surface area contributed by atoms with Crippen molar-refractivity contribution in [3.8, 4) is 11.6 Å². The molecule has 2 nitrogen and oxygen atoms in total. The molecule has 0 aliphatic rings. The molecule has 0 saturated heterocycles. The highest BCUT2D eigenvalue weighted by Crippen LogP contribution is 2.33. The zero-order valence-electron chi connectivity index (χ0n) is 8.88. The third kappa shape index (κ3) is 3.21. The summed E-state index contributed by atoms with van der Waals surface area (Å²) >= 11 is 12.8. The standard InChI is InChI=1S/C12H8Br2ClNO/c1-7-2-3-11(9(14)4-7)17-12-10(15)5-8(13)6-16-12/h2-6H,1H3. The van der Waals surface area contributed by atoms with Crippen molar-refractivity contribution in [3.63, 3.8) is 0 Å². The molecular weight excluding hydrogens is 369 g/mol. The number of nitrogens with zero attached hydrogens (tertiary/aromatic N) is 1. The van der Waals surface area contributed by atoms with Crippen LogP contribution in [0.4, 0.5) is 0 Å². The van der Waals surface area contributed by atoms with Gasteiger partial charge in [-0.3, -0.25) is 0 Å². The average molecular weight is 377 g/mol. The van der Waals surface area contributed by atoms with Gasteiger partial charge in [-0.25, -0.2) is 4.98 Å². The van der Waals surface area contributed by atoms with Crippen LogP contribution in [-0.4, -0.2) is 4.98 Å². The summed E-state index contributed by atoms with van der Waals surface area (Å²) in [4.78, 5) is 4.11. The van der Waals surface area contributed by atoms with Crippen LogP contribution in [0.2, 0.25) is 5.02 Å². The van der Waals surface area contributed by atoms with Gasteiger partial charge < -0.3 is 4.74 Å². The van der Waals surface area contributed by atoms with Crippen LogP contribution in [0.25, 0.3) is 0 Å². The van der Waals surface area contributed by atoms with Crippen LogP contribution in [0.5, 0.6) is 11.6 Å². The molecule has 2 rings (SSSR count). The van der Waals surface area contributed by atoms with Crippen molar-refractivity contribution in [1.29, 1.82) is 0 Å². The summed E-state index contributed by atoms with van der Waals surface area (Å²) in [5, 5.41) is 0.465. The summed E-state index contributed by atoms with van der Waals surface area (Å²) in [5.74, 6) is 1.08. The molecule has 0 radical (unpaired) electrons. The SMILES string of the molecule is Cc1ccc(Oc2ncc(Br)cc2Cl)c(Br)c1. The maximum atomic E-state index is 6.03. The Morgan fingerprint density at radius 1 is 1.24 bits per heavy atom. The lowest BCUT2D eigenvalue weighted by atomic mass is 10.2. The predicted octanol–water partition coefficient (Wildman–Crippen LogP) is 5.36. The molecule has 17 heavy (non-hydrogen) atoms. The van der Waals surface area contributed by atoms with Gasteiger partial charge in [-0.2, -0.15) is 0 Å².